The Hall–Kier alpha value is -2.62. The molecule has 0 spiro atoms. The van der Waals surface area contributed by atoms with Crippen molar-refractivity contribution in [2.75, 3.05) is 32.6 Å². The van der Waals surface area contributed by atoms with E-state index in [1.165, 1.54) is 14.2 Å². The zero-order valence-electron chi connectivity index (χ0n) is 17.0. The lowest BCUT2D eigenvalue weighted by atomic mass is 9.96. The molecule has 7 nitrogen and oxygen atoms in total. The van der Waals surface area contributed by atoms with E-state index >= 15 is 0 Å². The molecule has 2 atom stereocenters. The van der Waals surface area contributed by atoms with Crippen LogP contribution in [0.2, 0.25) is 5.02 Å². The lowest BCUT2D eigenvalue weighted by molar-refractivity contribution is -0.173. The first-order valence-electron chi connectivity index (χ1n) is 9.87. The Balaban J connectivity index is 1.73. The molecule has 1 fully saturated rings. The summed E-state index contributed by atoms with van der Waals surface area (Å²) in [6.07, 6.45) is -3.19. The first kappa shape index (κ1) is 21.6. The Bertz CT molecular complexity index is 989. The van der Waals surface area contributed by atoms with Gasteiger partial charge in [-0.05, 0) is 30.5 Å². The number of carbonyl (C=O) groups is 1. The zero-order chi connectivity index (χ0) is 22.3. The molecule has 2 aliphatic rings. The molecule has 1 aromatic carbocycles. The van der Waals surface area contributed by atoms with E-state index in [0.29, 0.717) is 30.2 Å². The molecule has 11 heteroatoms. The van der Waals surface area contributed by atoms with Crippen LogP contribution in [0.25, 0.3) is 0 Å². The van der Waals surface area contributed by atoms with Crippen LogP contribution in [0.5, 0.6) is 11.5 Å². The summed E-state index contributed by atoms with van der Waals surface area (Å²) in [6, 6.07) is 2.28. The maximum absolute atomic E-state index is 13.9. The highest BCUT2D eigenvalue weighted by Gasteiger charge is 2.48. The van der Waals surface area contributed by atoms with Gasteiger partial charge in [0.1, 0.15) is 10.8 Å². The molecule has 1 N–H and O–H groups in total. The lowest BCUT2D eigenvalue weighted by Crippen LogP contribution is -2.36. The van der Waals surface area contributed by atoms with Gasteiger partial charge in [-0.25, -0.2) is 4.68 Å². The summed E-state index contributed by atoms with van der Waals surface area (Å²) >= 11 is 6.38. The van der Waals surface area contributed by atoms with Crippen LogP contribution >= 0.6 is 11.6 Å². The maximum Gasteiger partial charge on any atom is 0.410 e. The fraction of sp³-hybridized carbons (Fsp3) is 0.500. The van der Waals surface area contributed by atoms with E-state index in [-0.39, 0.29) is 23.0 Å². The molecule has 2 aliphatic heterocycles. The van der Waals surface area contributed by atoms with Crippen molar-refractivity contribution < 1.29 is 27.4 Å². The standard InChI is InChI=1S/C20H22ClF3N4O3/c1-30-13-6-5-11(9-14(13)31-2)12-10-15(20(22,23)24)28-18(25-12)16(21)17(26-28)19(29)27-7-3-4-8-27/h5-6,9,12,15,25H,3-4,7-8,10H2,1-2H3/t12-,15-/m1/s1. The second-order valence-electron chi connectivity index (χ2n) is 7.56. The Morgan fingerprint density at radius 1 is 1.19 bits per heavy atom. The topological polar surface area (TPSA) is 68.6 Å². The number of anilines is 1. The van der Waals surface area contributed by atoms with Crippen molar-refractivity contribution in [2.45, 2.75) is 37.5 Å². The Morgan fingerprint density at radius 3 is 2.48 bits per heavy atom. The third-order valence-electron chi connectivity index (χ3n) is 5.70. The van der Waals surface area contributed by atoms with E-state index in [4.69, 9.17) is 21.1 Å². The van der Waals surface area contributed by atoms with E-state index in [1.54, 1.807) is 23.1 Å². The molecular formula is C20H22ClF3N4O3. The molecule has 0 aliphatic carbocycles. The van der Waals surface area contributed by atoms with Crippen molar-refractivity contribution in [3.8, 4) is 11.5 Å². The quantitative estimate of drug-likeness (QED) is 0.733. The van der Waals surface area contributed by atoms with Crippen molar-refractivity contribution in [1.29, 1.82) is 0 Å². The molecule has 1 aromatic heterocycles. The Kier molecular flexibility index (Phi) is 5.67. The van der Waals surface area contributed by atoms with Crippen LogP contribution in [0.4, 0.5) is 19.0 Å². The van der Waals surface area contributed by atoms with Gasteiger partial charge in [0.15, 0.2) is 23.2 Å². The molecule has 1 amide bonds. The van der Waals surface area contributed by atoms with Gasteiger partial charge in [-0.2, -0.15) is 18.3 Å². The first-order chi connectivity index (χ1) is 14.7. The summed E-state index contributed by atoms with van der Waals surface area (Å²) in [5.74, 6) is 0.406. The Labute approximate surface area is 182 Å². The van der Waals surface area contributed by atoms with E-state index < -0.39 is 24.2 Å². The highest BCUT2D eigenvalue weighted by molar-refractivity contribution is 6.36. The number of hydrogen-bond donors (Lipinski definition) is 1. The Morgan fingerprint density at radius 2 is 1.87 bits per heavy atom. The number of fused-ring (bicyclic) bond motifs is 1. The number of carbonyl (C=O) groups excluding carboxylic acids is 1. The predicted octanol–water partition coefficient (Wildman–Crippen LogP) is 4.45. The van der Waals surface area contributed by atoms with Crippen LogP contribution < -0.4 is 14.8 Å². The summed E-state index contributed by atoms with van der Waals surface area (Å²) in [5, 5.41) is 6.94. The van der Waals surface area contributed by atoms with Gasteiger partial charge < -0.3 is 19.7 Å². The van der Waals surface area contributed by atoms with Crippen LogP contribution in [0.15, 0.2) is 18.2 Å². The number of methoxy groups -OCH3 is 2. The SMILES string of the molecule is COc1ccc([C@H]2C[C@H](C(F)(F)F)n3nc(C(=O)N4CCCC4)c(Cl)c3N2)cc1OC. The minimum atomic E-state index is -4.57. The molecular weight excluding hydrogens is 437 g/mol. The van der Waals surface area contributed by atoms with Gasteiger partial charge in [0, 0.05) is 19.5 Å². The van der Waals surface area contributed by atoms with Gasteiger partial charge in [0.05, 0.1) is 20.3 Å². The molecule has 0 unspecified atom stereocenters. The number of nitrogens with zero attached hydrogens (tertiary/aromatic N) is 3. The van der Waals surface area contributed by atoms with Crippen LogP contribution in [0, 0.1) is 0 Å². The van der Waals surface area contributed by atoms with Crippen LogP contribution in [0.3, 0.4) is 0 Å². The highest BCUT2D eigenvalue weighted by Crippen LogP contribution is 2.47. The number of amides is 1. The van der Waals surface area contributed by atoms with Gasteiger partial charge in [0.2, 0.25) is 0 Å². The van der Waals surface area contributed by atoms with Crippen LogP contribution in [0.1, 0.15) is 47.4 Å². The highest BCUT2D eigenvalue weighted by atomic mass is 35.5. The molecule has 1 saturated heterocycles. The zero-order valence-corrected chi connectivity index (χ0v) is 17.8. The fourth-order valence-electron chi connectivity index (χ4n) is 4.08. The molecule has 0 bridgehead atoms. The van der Waals surface area contributed by atoms with Crippen molar-refractivity contribution in [2.24, 2.45) is 0 Å². The van der Waals surface area contributed by atoms with Gasteiger partial charge in [0.25, 0.3) is 5.91 Å². The van der Waals surface area contributed by atoms with E-state index in [2.05, 4.69) is 10.4 Å². The third-order valence-corrected chi connectivity index (χ3v) is 6.06. The monoisotopic (exact) mass is 458 g/mol. The molecule has 2 aromatic rings. The van der Waals surface area contributed by atoms with E-state index in [1.807, 2.05) is 0 Å². The summed E-state index contributed by atoms with van der Waals surface area (Å²) in [4.78, 5) is 14.3. The first-order valence-corrected chi connectivity index (χ1v) is 10.2. The number of ether oxygens (including phenoxy) is 2. The number of likely N-dealkylation sites (tertiary alicyclic amines) is 1. The van der Waals surface area contributed by atoms with Crippen molar-refractivity contribution in [3.63, 3.8) is 0 Å². The smallest absolute Gasteiger partial charge is 0.410 e. The minimum Gasteiger partial charge on any atom is -0.493 e. The van der Waals surface area contributed by atoms with Gasteiger partial charge in [-0.3, -0.25) is 4.79 Å². The number of aromatic nitrogens is 2. The summed E-state index contributed by atoms with van der Waals surface area (Å²) in [5.41, 5.74) is 0.413. The second-order valence-corrected chi connectivity index (χ2v) is 7.94. The second kappa shape index (κ2) is 8.14. The van der Waals surface area contributed by atoms with E-state index in [0.717, 1.165) is 17.5 Å². The number of hydrogen-bond acceptors (Lipinski definition) is 5. The minimum absolute atomic E-state index is 0.0161. The molecule has 31 heavy (non-hydrogen) atoms. The number of nitrogens with one attached hydrogen (secondary N) is 1. The molecule has 3 heterocycles. The number of rotatable bonds is 4. The van der Waals surface area contributed by atoms with E-state index in [9.17, 15) is 18.0 Å². The fourth-order valence-corrected chi connectivity index (χ4v) is 4.34. The molecule has 0 saturated carbocycles. The van der Waals surface area contributed by atoms with Crippen LogP contribution in [-0.4, -0.2) is 54.1 Å². The molecule has 0 radical (unpaired) electrons. The van der Waals surface area contributed by atoms with Gasteiger partial charge in [-0.15, -0.1) is 0 Å². The average Bonchev–Trinajstić information content (AvgIpc) is 3.40. The van der Waals surface area contributed by atoms with Crippen molar-refractivity contribution in [3.05, 3.63) is 34.5 Å². The number of benzene rings is 1. The third kappa shape index (κ3) is 3.88. The summed E-state index contributed by atoms with van der Waals surface area (Å²) < 4.78 is 53.1. The predicted molar refractivity (Wildman–Crippen MR) is 108 cm³/mol. The largest absolute Gasteiger partial charge is 0.493 e. The summed E-state index contributed by atoms with van der Waals surface area (Å²) in [7, 11) is 2.93. The molecule has 4 rings (SSSR count). The average molecular weight is 459 g/mol. The number of halogens is 4. The summed E-state index contributed by atoms with van der Waals surface area (Å²) in [6.45, 7) is 1.09. The maximum atomic E-state index is 13.9. The number of alkyl halides is 3. The lowest BCUT2D eigenvalue weighted by Gasteiger charge is -2.33. The van der Waals surface area contributed by atoms with Gasteiger partial charge in [-0.1, -0.05) is 17.7 Å². The van der Waals surface area contributed by atoms with Crippen molar-refractivity contribution in [1.82, 2.24) is 14.7 Å². The van der Waals surface area contributed by atoms with Crippen molar-refractivity contribution >= 4 is 23.3 Å². The van der Waals surface area contributed by atoms with Gasteiger partial charge >= 0.3 is 6.18 Å². The normalized spacial score (nSPS) is 20.9. The van der Waals surface area contributed by atoms with Crippen LogP contribution in [-0.2, 0) is 0 Å². The molecule has 168 valence electrons.